The Morgan fingerprint density at radius 2 is 2.19 bits per heavy atom. The summed E-state index contributed by atoms with van der Waals surface area (Å²) in [5.74, 6) is 1.12. The maximum atomic E-state index is 10.7. The fraction of sp³-hybridized carbons (Fsp3) is 0.364. The second kappa shape index (κ2) is 6.40. The molecule has 16 heavy (non-hydrogen) atoms. The molecule has 4 N–H and O–H groups in total. The third-order valence-electron chi connectivity index (χ3n) is 2.12. The van der Waals surface area contributed by atoms with Crippen molar-refractivity contribution < 1.29 is 9.53 Å². The quantitative estimate of drug-likeness (QED) is 0.727. The van der Waals surface area contributed by atoms with Crippen LogP contribution in [0.25, 0.3) is 0 Å². The van der Waals surface area contributed by atoms with Gasteiger partial charge in [-0.1, -0.05) is 12.1 Å². The minimum atomic E-state index is -0.567. The van der Waals surface area contributed by atoms with Crippen molar-refractivity contribution in [1.29, 1.82) is 0 Å². The first kappa shape index (κ1) is 12.9. The molecule has 4 nitrogen and oxygen atoms in total. The first-order valence-electron chi connectivity index (χ1n) is 4.96. The molecule has 1 aromatic carbocycles. The van der Waals surface area contributed by atoms with E-state index in [1.165, 1.54) is 0 Å². The number of ether oxygens (including phenoxy) is 1. The van der Waals surface area contributed by atoms with Crippen molar-refractivity contribution in [3.63, 3.8) is 0 Å². The van der Waals surface area contributed by atoms with Crippen LogP contribution in [0.2, 0.25) is 0 Å². The second-order valence-electron chi connectivity index (χ2n) is 3.30. The minimum absolute atomic E-state index is 0.458. The average molecular weight is 240 g/mol. The molecule has 5 heteroatoms. The van der Waals surface area contributed by atoms with Crippen LogP contribution in [0.1, 0.15) is 6.42 Å². The van der Waals surface area contributed by atoms with Crippen molar-refractivity contribution in [3.05, 3.63) is 24.3 Å². The van der Waals surface area contributed by atoms with Gasteiger partial charge in [-0.05, 0) is 18.6 Å². The number of carbonyl (C=O) groups is 1. The van der Waals surface area contributed by atoms with E-state index in [4.69, 9.17) is 16.2 Å². The van der Waals surface area contributed by atoms with Gasteiger partial charge < -0.3 is 16.2 Å². The Kier molecular flexibility index (Phi) is 5.14. The van der Waals surface area contributed by atoms with E-state index < -0.39 is 11.9 Å². The fourth-order valence-corrected chi connectivity index (χ4v) is 2.24. The maximum Gasteiger partial charge on any atom is 0.234 e. The highest BCUT2D eigenvalue weighted by Gasteiger charge is 2.09. The molecule has 0 aliphatic rings. The number of carbonyl (C=O) groups excluding carboxylic acids is 1. The molecule has 0 heterocycles. The number of para-hydroxylation sites is 1. The third-order valence-corrected chi connectivity index (χ3v) is 3.21. The van der Waals surface area contributed by atoms with Crippen LogP contribution in [0.5, 0.6) is 5.75 Å². The molecule has 0 aliphatic heterocycles. The Hall–Kier alpha value is -1.20. The lowest BCUT2D eigenvalue weighted by molar-refractivity contribution is -0.119. The van der Waals surface area contributed by atoms with E-state index in [1.54, 1.807) is 18.9 Å². The van der Waals surface area contributed by atoms with Gasteiger partial charge in [0.15, 0.2) is 0 Å². The molecule has 0 bridgehead atoms. The average Bonchev–Trinajstić information content (AvgIpc) is 2.29. The topological polar surface area (TPSA) is 78.3 Å². The third kappa shape index (κ3) is 3.75. The van der Waals surface area contributed by atoms with Gasteiger partial charge in [-0.3, -0.25) is 4.79 Å². The molecule has 0 fully saturated rings. The van der Waals surface area contributed by atoms with Gasteiger partial charge in [0.25, 0.3) is 0 Å². The number of rotatable bonds is 6. The first-order chi connectivity index (χ1) is 7.65. The van der Waals surface area contributed by atoms with Crippen molar-refractivity contribution in [2.45, 2.75) is 17.4 Å². The zero-order valence-corrected chi connectivity index (χ0v) is 10.00. The lowest BCUT2D eigenvalue weighted by Gasteiger charge is -2.09. The predicted octanol–water partition coefficient (Wildman–Crippen LogP) is 0.990. The molecule has 1 amide bonds. The molecule has 0 radical (unpaired) electrons. The summed E-state index contributed by atoms with van der Waals surface area (Å²) in [5.41, 5.74) is 10.6. The monoisotopic (exact) mass is 240 g/mol. The lowest BCUT2D eigenvalue weighted by Crippen LogP contribution is -2.36. The number of thioether (sulfide) groups is 1. The van der Waals surface area contributed by atoms with Gasteiger partial charge in [0.1, 0.15) is 5.75 Å². The highest BCUT2D eigenvalue weighted by molar-refractivity contribution is 7.99. The fourth-order valence-electron chi connectivity index (χ4n) is 1.18. The Morgan fingerprint density at radius 3 is 2.81 bits per heavy atom. The van der Waals surface area contributed by atoms with Gasteiger partial charge in [-0.15, -0.1) is 11.8 Å². The molecule has 0 saturated heterocycles. The van der Waals surface area contributed by atoms with Gasteiger partial charge >= 0.3 is 0 Å². The summed E-state index contributed by atoms with van der Waals surface area (Å²) in [6.07, 6.45) is 0.568. The zero-order valence-electron chi connectivity index (χ0n) is 9.18. The van der Waals surface area contributed by atoms with E-state index in [-0.39, 0.29) is 0 Å². The maximum absolute atomic E-state index is 10.7. The van der Waals surface area contributed by atoms with E-state index in [0.29, 0.717) is 6.42 Å². The molecule has 1 aromatic rings. The summed E-state index contributed by atoms with van der Waals surface area (Å²) in [5, 5.41) is 0. The van der Waals surface area contributed by atoms with Gasteiger partial charge in [-0.2, -0.15) is 0 Å². The van der Waals surface area contributed by atoms with E-state index in [2.05, 4.69) is 0 Å². The molecule has 0 aromatic heterocycles. The summed E-state index contributed by atoms with van der Waals surface area (Å²) >= 11 is 1.60. The summed E-state index contributed by atoms with van der Waals surface area (Å²) in [7, 11) is 1.63. The van der Waals surface area contributed by atoms with Crippen LogP contribution >= 0.6 is 11.8 Å². The van der Waals surface area contributed by atoms with Crippen molar-refractivity contribution in [2.75, 3.05) is 12.9 Å². The summed E-state index contributed by atoms with van der Waals surface area (Å²) in [6, 6.07) is 7.16. The highest BCUT2D eigenvalue weighted by Crippen LogP contribution is 2.29. The van der Waals surface area contributed by atoms with Gasteiger partial charge in [0, 0.05) is 10.6 Å². The van der Waals surface area contributed by atoms with Crippen LogP contribution in [0, 0.1) is 0 Å². The Balaban J connectivity index is 2.45. The molecule has 0 aliphatic carbocycles. The predicted molar refractivity (Wildman–Crippen MR) is 65.5 cm³/mol. The number of amides is 1. The Bertz CT molecular complexity index is 358. The first-order valence-corrected chi connectivity index (χ1v) is 5.94. The van der Waals surface area contributed by atoms with E-state index >= 15 is 0 Å². The van der Waals surface area contributed by atoms with Crippen molar-refractivity contribution in [3.8, 4) is 5.75 Å². The standard InChI is InChI=1S/C11H16N2O2S/c1-15-9-4-2-3-5-10(9)16-7-6-8(12)11(13)14/h2-5,8H,6-7,12H2,1H3,(H2,13,14). The normalized spacial score (nSPS) is 12.1. The molecule has 88 valence electrons. The van der Waals surface area contributed by atoms with Crippen molar-refractivity contribution in [1.82, 2.24) is 0 Å². The number of hydrogen-bond donors (Lipinski definition) is 2. The number of methoxy groups -OCH3 is 1. The van der Waals surface area contributed by atoms with Gasteiger partial charge in [0.2, 0.25) is 5.91 Å². The number of nitrogens with two attached hydrogens (primary N) is 2. The number of hydrogen-bond acceptors (Lipinski definition) is 4. The van der Waals surface area contributed by atoms with Crippen LogP contribution in [-0.4, -0.2) is 24.8 Å². The van der Waals surface area contributed by atoms with Gasteiger partial charge in [0.05, 0.1) is 13.2 Å². The van der Waals surface area contributed by atoms with E-state index in [1.807, 2.05) is 24.3 Å². The highest BCUT2D eigenvalue weighted by atomic mass is 32.2. The van der Waals surface area contributed by atoms with Gasteiger partial charge in [-0.25, -0.2) is 0 Å². The molecular formula is C11H16N2O2S. The molecule has 0 spiro atoms. The van der Waals surface area contributed by atoms with Crippen LogP contribution in [0.3, 0.4) is 0 Å². The summed E-state index contributed by atoms with van der Waals surface area (Å²) in [6.45, 7) is 0. The molecular weight excluding hydrogens is 224 g/mol. The molecule has 1 unspecified atom stereocenters. The molecule has 0 saturated carbocycles. The number of primary amides is 1. The van der Waals surface area contributed by atoms with Crippen molar-refractivity contribution >= 4 is 17.7 Å². The zero-order chi connectivity index (χ0) is 12.0. The SMILES string of the molecule is COc1ccccc1SCCC(N)C(N)=O. The second-order valence-corrected chi connectivity index (χ2v) is 4.43. The van der Waals surface area contributed by atoms with Crippen LogP contribution in [0.4, 0.5) is 0 Å². The lowest BCUT2D eigenvalue weighted by atomic mass is 10.2. The van der Waals surface area contributed by atoms with Crippen molar-refractivity contribution in [2.24, 2.45) is 11.5 Å². The van der Waals surface area contributed by atoms with Crippen LogP contribution in [-0.2, 0) is 4.79 Å². The smallest absolute Gasteiger partial charge is 0.234 e. The van der Waals surface area contributed by atoms with Crippen LogP contribution in [0.15, 0.2) is 29.2 Å². The Morgan fingerprint density at radius 1 is 1.50 bits per heavy atom. The summed E-state index contributed by atoms with van der Waals surface area (Å²) < 4.78 is 5.21. The number of benzene rings is 1. The van der Waals surface area contributed by atoms with E-state index in [0.717, 1.165) is 16.4 Å². The van der Waals surface area contributed by atoms with Crippen LogP contribution < -0.4 is 16.2 Å². The summed E-state index contributed by atoms with van der Waals surface area (Å²) in [4.78, 5) is 11.8. The molecule has 1 atom stereocenters. The van der Waals surface area contributed by atoms with E-state index in [9.17, 15) is 4.79 Å². The largest absolute Gasteiger partial charge is 0.496 e. The molecule has 1 rings (SSSR count). The Labute approximate surface area is 99.3 Å². The minimum Gasteiger partial charge on any atom is -0.496 e.